The van der Waals surface area contributed by atoms with E-state index in [1.807, 2.05) is 30.3 Å². The molecule has 1 aromatic rings. The number of rotatable bonds is 8. The van der Waals surface area contributed by atoms with Gasteiger partial charge in [-0.3, -0.25) is 4.79 Å². The zero-order valence-electron chi connectivity index (χ0n) is 16.4. The van der Waals surface area contributed by atoms with Gasteiger partial charge < -0.3 is 14.7 Å². The molecule has 0 N–H and O–H groups in total. The number of ketones is 1. The van der Waals surface area contributed by atoms with Crippen LogP contribution in [0.5, 0.6) is 0 Å². The molecule has 0 bridgehead atoms. The second-order valence-electron chi connectivity index (χ2n) is 7.76. The first-order valence-corrected chi connectivity index (χ1v) is 11.5. The molecule has 1 rings (SSSR count). The summed E-state index contributed by atoms with van der Waals surface area (Å²) >= 11 is 0. The number of carbonyl (C=O) groups excluding carboxylic acids is 2. The number of Topliss-reactive ketones (excluding diaryl/α,β-unsaturated/α-hetero) is 1. The van der Waals surface area contributed by atoms with Gasteiger partial charge in [0.25, 0.3) is 5.78 Å². The number of nitrogens with zero attached hydrogens (tertiary/aromatic N) is 2. The van der Waals surface area contributed by atoms with E-state index in [1.54, 1.807) is 0 Å². The Morgan fingerprint density at radius 2 is 1.77 bits per heavy atom. The lowest BCUT2D eigenvalue weighted by Crippen LogP contribution is -2.45. The molecule has 0 aliphatic carbocycles. The molecule has 1 unspecified atom stereocenters. The number of methoxy groups -OCH3 is 1. The van der Waals surface area contributed by atoms with Crippen molar-refractivity contribution in [1.82, 2.24) is 0 Å². The molecule has 0 aromatic heterocycles. The fourth-order valence-electron chi connectivity index (χ4n) is 2.24. The summed E-state index contributed by atoms with van der Waals surface area (Å²) in [7, 11) is -1.01. The third-order valence-electron chi connectivity index (χ3n) is 4.73. The first kappa shape index (κ1) is 22.0. The van der Waals surface area contributed by atoms with Gasteiger partial charge in [-0.15, -0.1) is 0 Å². The van der Waals surface area contributed by atoms with Crippen molar-refractivity contribution in [3.8, 4) is 0 Å². The fourth-order valence-corrected chi connectivity index (χ4v) is 3.59. The quantitative estimate of drug-likeness (QED) is 0.174. The summed E-state index contributed by atoms with van der Waals surface area (Å²) < 4.78 is 10.9. The molecule has 0 spiro atoms. The van der Waals surface area contributed by atoms with Gasteiger partial charge in [-0.25, -0.2) is 4.79 Å². The second kappa shape index (κ2) is 9.03. The highest BCUT2D eigenvalue weighted by atomic mass is 28.4. The van der Waals surface area contributed by atoms with Crippen LogP contribution in [0.15, 0.2) is 30.3 Å². The Bertz CT molecular complexity index is 689. The van der Waals surface area contributed by atoms with Crippen LogP contribution < -0.4 is 0 Å². The van der Waals surface area contributed by atoms with Gasteiger partial charge in [0.2, 0.25) is 0 Å². The second-order valence-corrected chi connectivity index (χ2v) is 12.5. The minimum absolute atomic E-state index is 0.0266. The molecule has 26 heavy (non-hydrogen) atoms. The Morgan fingerprint density at radius 1 is 1.19 bits per heavy atom. The van der Waals surface area contributed by atoms with E-state index in [0.29, 0.717) is 6.42 Å². The Labute approximate surface area is 156 Å². The van der Waals surface area contributed by atoms with Crippen molar-refractivity contribution in [1.29, 1.82) is 0 Å². The van der Waals surface area contributed by atoms with Crippen molar-refractivity contribution in [2.24, 2.45) is 0 Å². The number of esters is 1. The van der Waals surface area contributed by atoms with Crippen molar-refractivity contribution >= 4 is 25.8 Å². The van der Waals surface area contributed by atoms with Crippen molar-refractivity contribution in [2.45, 2.75) is 57.8 Å². The number of hydrogen-bond donors (Lipinski definition) is 0. The molecule has 7 heteroatoms. The standard InChI is InChI=1S/C19H28N2O4Si/c1-19(2,3)26(5,6)25-15(12-14-10-8-7-9-11-14)13-16(22)17(21-20)18(23)24-4/h7-11,15H,12-13H2,1-6H3. The van der Waals surface area contributed by atoms with E-state index < -0.39 is 31.9 Å². The molecule has 142 valence electrons. The monoisotopic (exact) mass is 376 g/mol. The Balaban J connectivity index is 3.06. The van der Waals surface area contributed by atoms with E-state index in [-0.39, 0.29) is 11.5 Å². The molecule has 0 heterocycles. The maximum absolute atomic E-state index is 12.5. The molecular formula is C19H28N2O4Si. The van der Waals surface area contributed by atoms with Crippen LogP contribution in [-0.4, -0.2) is 43.8 Å². The Kier molecular flexibility index (Phi) is 7.63. The molecule has 1 aromatic carbocycles. The summed E-state index contributed by atoms with van der Waals surface area (Å²) in [6, 6.07) is 9.71. The number of benzene rings is 1. The summed E-state index contributed by atoms with van der Waals surface area (Å²) in [5.74, 6) is -1.55. The molecule has 0 radical (unpaired) electrons. The molecule has 0 fully saturated rings. The predicted molar refractivity (Wildman–Crippen MR) is 102 cm³/mol. The lowest BCUT2D eigenvalue weighted by molar-refractivity contribution is -0.139. The number of hydrogen-bond acceptors (Lipinski definition) is 4. The van der Waals surface area contributed by atoms with E-state index in [4.69, 9.17) is 9.96 Å². The number of ether oxygens (including phenoxy) is 1. The maximum atomic E-state index is 12.5. The molecule has 1 atom stereocenters. The number of carbonyl (C=O) groups is 2. The SMILES string of the molecule is COC(=O)C(=[N+]=[N-])C(=O)CC(Cc1ccccc1)O[Si](C)(C)C(C)(C)C. The smallest absolute Gasteiger partial charge is 0.441 e. The first-order valence-electron chi connectivity index (χ1n) is 8.57. The normalized spacial score (nSPS) is 12.8. The highest BCUT2D eigenvalue weighted by Crippen LogP contribution is 2.38. The lowest BCUT2D eigenvalue weighted by atomic mass is 10.0. The van der Waals surface area contributed by atoms with Crippen LogP contribution in [0.1, 0.15) is 32.8 Å². The topological polar surface area (TPSA) is 89.0 Å². The molecule has 0 saturated carbocycles. The summed E-state index contributed by atoms with van der Waals surface area (Å²) in [5, 5.41) is -0.0266. The van der Waals surface area contributed by atoms with Gasteiger partial charge in [-0.1, -0.05) is 51.1 Å². The van der Waals surface area contributed by atoms with Crippen molar-refractivity contribution < 1.29 is 23.5 Å². The van der Waals surface area contributed by atoms with Gasteiger partial charge in [0.15, 0.2) is 8.32 Å². The van der Waals surface area contributed by atoms with E-state index in [2.05, 4.69) is 43.4 Å². The lowest BCUT2D eigenvalue weighted by Gasteiger charge is -2.39. The van der Waals surface area contributed by atoms with E-state index in [1.165, 1.54) is 0 Å². The average Bonchev–Trinajstić information content (AvgIpc) is 2.54. The Hall–Kier alpha value is -2.08. The Morgan fingerprint density at radius 3 is 2.23 bits per heavy atom. The summed E-state index contributed by atoms with van der Waals surface area (Å²) in [6.45, 7) is 10.6. The molecular weight excluding hydrogens is 348 g/mol. The minimum atomic E-state index is -2.14. The van der Waals surface area contributed by atoms with E-state index >= 15 is 0 Å². The largest absolute Gasteiger partial charge is 0.460 e. The van der Waals surface area contributed by atoms with Crippen molar-refractivity contribution in [3.63, 3.8) is 0 Å². The third-order valence-corrected chi connectivity index (χ3v) is 9.26. The highest BCUT2D eigenvalue weighted by Gasteiger charge is 2.41. The van der Waals surface area contributed by atoms with Gasteiger partial charge in [-0.2, -0.15) is 4.79 Å². The fraction of sp³-hybridized carbons (Fsp3) is 0.526. The molecule has 6 nitrogen and oxygen atoms in total. The van der Waals surface area contributed by atoms with Crippen molar-refractivity contribution in [3.05, 3.63) is 41.4 Å². The van der Waals surface area contributed by atoms with Gasteiger partial charge in [0.05, 0.1) is 13.2 Å². The molecule has 0 amide bonds. The van der Waals surface area contributed by atoms with Crippen LogP contribution in [0.2, 0.25) is 18.1 Å². The van der Waals surface area contributed by atoms with E-state index in [9.17, 15) is 9.59 Å². The summed E-state index contributed by atoms with van der Waals surface area (Å²) in [5.41, 5.74) is 9.42. The van der Waals surface area contributed by atoms with Crippen LogP contribution in [0.25, 0.3) is 5.53 Å². The van der Waals surface area contributed by atoms with Crippen LogP contribution in [-0.2, 0) is 25.2 Å². The van der Waals surface area contributed by atoms with Gasteiger partial charge in [0, 0.05) is 6.42 Å². The van der Waals surface area contributed by atoms with Gasteiger partial charge in [-0.05, 0) is 30.1 Å². The van der Waals surface area contributed by atoms with Gasteiger partial charge >= 0.3 is 11.7 Å². The predicted octanol–water partition coefficient (Wildman–Crippen LogP) is 3.42. The summed E-state index contributed by atoms with van der Waals surface area (Å²) in [4.78, 5) is 26.9. The molecule has 0 aliphatic rings. The van der Waals surface area contributed by atoms with Crippen LogP contribution in [0, 0.1) is 0 Å². The average molecular weight is 377 g/mol. The third kappa shape index (κ3) is 6.02. The van der Waals surface area contributed by atoms with Crippen molar-refractivity contribution in [2.75, 3.05) is 7.11 Å². The van der Waals surface area contributed by atoms with Gasteiger partial charge in [0.1, 0.15) is 0 Å². The van der Waals surface area contributed by atoms with Crippen LogP contribution in [0.3, 0.4) is 0 Å². The zero-order valence-corrected chi connectivity index (χ0v) is 17.4. The molecule has 0 saturated heterocycles. The molecule has 0 aliphatic heterocycles. The van der Waals surface area contributed by atoms with Crippen LogP contribution in [0.4, 0.5) is 0 Å². The minimum Gasteiger partial charge on any atom is -0.460 e. The maximum Gasteiger partial charge on any atom is 0.441 e. The first-order chi connectivity index (χ1) is 12.0. The zero-order chi connectivity index (χ0) is 20.0. The highest BCUT2D eigenvalue weighted by molar-refractivity contribution is 6.74. The van der Waals surface area contributed by atoms with E-state index in [0.717, 1.165) is 12.7 Å². The van der Waals surface area contributed by atoms with Crippen LogP contribution >= 0.6 is 0 Å². The summed E-state index contributed by atoms with van der Waals surface area (Å²) in [6.07, 6.45) is 0.0432.